The molecular formula is C17H24N4O. The van der Waals surface area contributed by atoms with Gasteiger partial charge < -0.3 is 11.1 Å². The molecule has 0 aliphatic carbocycles. The van der Waals surface area contributed by atoms with Gasteiger partial charge in [0.2, 0.25) is 5.91 Å². The monoisotopic (exact) mass is 300 g/mol. The molecule has 2 aromatic rings. The zero-order valence-electron chi connectivity index (χ0n) is 13.4. The molecule has 1 aromatic carbocycles. The van der Waals surface area contributed by atoms with Gasteiger partial charge in [-0.2, -0.15) is 5.10 Å². The highest BCUT2D eigenvalue weighted by atomic mass is 16.2. The number of aromatic nitrogens is 2. The first-order valence-corrected chi connectivity index (χ1v) is 7.68. The Balaban J connectivity index is 2.01. The largest absolute Gasteiger partial charge is 0.348 e. The maximum Gasteiger partial charge on any atom is 0.237 e. The summed E-state index contributed by atoms with van der Waals surface area (Å²) in [4.78, 5) is 12.1. The molecule has 0 spiro atoms. The number of hydrogen-bond donors (Lipinski definition) is 2. The van der Waals surface area contributed by atoms with Gasteiger partial charge in [0, 0.05) is 12.4 Å². The third-order valence-corrected chi connectivity index (χ3v) is 4.08. The number of nitrogens with zero attached hydrogens (tertiary/aromatic N) is 2. The van der Waals surface area contributed by atoms with Gasteiger partial charge in [0.1, 0.15) is 0 Å². The summed E-state index contributed by atoms with van der Waals surface area (Å²) in [5, 5.41) is 7.17. The summed E-state index contributed by atoms with van der Waals surface area (Å²) < 4.78 is 1.80. The summed E-state index contributed by atoms with van der Waals surface area (Å²) in [6, 6.07) is 9.31. The minimum Gasteiger partial charge on any atom is -0.348 e. The molecule has 0 fully saturated rings. The van der Waals surface area contributed by atoms with Crippen molar-refractivity contribution in [2.75, 3.05) is 0 Å². The van der Waals surface area contributed by atoms with Crippen LogP contribution in [0, 0.1) is 5.92 Å². The SMILES string of the molecule is CCC(C)C(N)C(=O)NC(C)c1ccc(-n2cccn2)cc1. The number of nitrogens with two attached hydrogens (primary N) is 1. The minimum absolute atomic E-state index is 0.0747. The van der Waals surface area contributed by atoms with E-state index in [0.717, 1.165) is 17.7 Å². The zero-order valence-corrected chi connectivity index (χ0v) is 13.4. The Hall–Kier alpha value is -2.14. The van der Waals surface area contributed by atoms with E-state index in [-0.39, 0.29) is 17.9 Å². The maximum atomic E-state index is 12.1. The first-order valence-electron chi connectivity index (χ1n) is 7.68. The van der Waals surface area contributed by atoms with E-state index in [1.807, 2.05) is 57.3 Å². The van der Waals surface area contributed by atoms with E-state index in [9.17, 15) is 4.79 Å². The molecule has 22 heavy (non-hydrogen) atoms. The molecule has 1 heterocycles. The second-order valence-electron chi connectivity index (χ2n) is 5.68. The van der Waals surface area contributed by atoms with Crippen molar-refractivity contribution in [2.24, 2.45) is 11.7 Å². The third-order valence-electron chi connectivity index (χ3n) is 4.08. The molecule has 1 aromatic heterocycles. The summed E-state index contributed by atoms with van der Waals surface area (Å²) >= 11 is 0. The highest BCUT2D eigenvalue weighted by Gasteiger charge is 2.21. The Morgan fingerprint density at radius 1 is 1.32 bits per heavy atom. The number of carbonyl (C=O) groups excluding carboxylic acids is 1. The van der Waals surface area contributed by atoms with Crippen molar-refractivity contribution in [3.8, 4) is 5.69 Å². The molecule has 3 unspecified atom stereocenters. The van der Waals surface area contributed by atoms with Crippen LogP contribution in [0.5, 0.6) is 0 Å². The Morgan fingerprint density at radius 3 is 2.55 bits per heavy atom. The highest BCUT2D eigenvalue weighted by molar-refractivity contribution is 5.82. The molecule has 5 heteroatoms. The summed E-state index contributed by atoms with van der Waals surface area (Å²) in [5.74, 6) is 0.0763. The molecule has 118 valence electrons. The molecule has 0 bridgehead atoms. The van der Waals surface area contributed by atoms with Crippen molar-refractivity contribution < 1.29 is 4.79 Å². The van der Waals surface area contributed by atoms with Crippen LogP contribution in [-0.2, 0) is 4.79 Å². The lowest BCUT2D eigenvalue weighted by Crippen LogP contribution is -2.45. The molecule has 2 rings (SSSR count). The lowest BCUT2D eigenvalue weighted by Gasteiger charge is -2.21. The zero-order chi connectivity index (χ0) is 16.1. The van der Waals surface area contributed by atoms with Crippen LogP contribution < -0.4 is 11.1 Å². The van der Waals surface area contributed by atoms with Crippen molar-refractivity contribution in [1.29, 1.82) is 0 Å². The lowest BCUT2D eigenvalue weighted by molar-refractivity contribution is -0.124. The fourth-order valence-electron chi connectivity index (χ4n) is 2.24. The smallest absolute Gasteiger partial charge is 0.237 e. The van der Waals surface area contributed by atoms with Crippen LogP contribution in [0.1, 0.15) is 38.8 Å². The lowest BCUT2D eigenvalue weighted by atomic mass is 9.98. The summed E-state index contributed by atoms with van der Waals surface area (Å²) in [7, 11) is 0. The summed E-state index contributed by atoms with van der Waals surface area (Å²) in [6.07, 6.45) is 4.53. The van der Waals surface area contributed by atoms with Crippen LogP contribution in [0.15, 0.2) is 42.7 Å². The molecule has 0 saturated carbocycles. The van der Waals surface area contributed by atoms with Crippen LogP contribution in [0.4, 0.5) is 0 Å². The van der Waals surface area contributed by atoms with Gasteiger partial charge in [0.25, 0.3) is 0 Å². The highest BCUT2D eigenvalue weighted by Crippen LogP contribution is 2.16. The van der Waals surface area contributed by atoms with Gasteiger partial charge in [-0.05, 0) is 36.6 Å². The maximum absolute atomic E-state index is 12.1. The van der Waals surface area contributed by atoms with E-state index >= 15 is 0 Å². The first-order chi connectivity index (χ1) is 10.5. The number of carbonyl (C=O) groups is 1. The van der Waals surface area contributed by atoms with Crippen LogP contribution >= 0.6 is 0 Å². The molecular weight excluding hydrogens is 276 g/mol. The Morgan fingerprint density at radius 2 is 2.00 bits per heavy atom. The molecule has 0 radical (unpaired) electrons. The van der Waals surface area contributed by atoms with Gasteiger partial charge in [-0.3, -0.25) is 4.79 Å². The molecule has 0 aliphatic heterocycles. The van der Waals surface area contributed by atoms with Gasteiger partial charge >= 0.3 is 0 Å². The van der Waals surface area contributed by atoms with Crippen LogP contribution in [0.3, 0.4) is 0 Å². The average Bonchev–Trinajstić information content (AvgIpc) is 3.07. The van der Waals surface area contributed by atoms with E-state index in [4.69, 9.17) is 5.73 Å². The number of benzene rings is 1. The predicted octanol–water partition coefficient (Wildman–Crippen LogP) is 2.42. The summed E-state index contributed by atoms with van der Waals surface area (Å²) in [5.41, 5.74) is 7.99. The number of rotatable bonds is 6. The Bertz CT molecular complexity index is 592. The second-order valence-corrected chi connectivity index (χ2v) is 5.68. The van der Waals surface area contributed by atoms with E-state index in [1.54, 1.807) is 10.9 Å². The number of hydrogen-bond acceptors (Lipinski definition) is 3. The minimum atomic E-state index is -0.462. The Labute approximate surface area is 131 Å². The van der Waals surface area contributed by atoms with Crippen LogP contribution in [0.2, 0.25) is 0 Å². The molecule has 1 amide bonds. The van der Waals surface area contributed by atoms with Crippen molar-refractivity contribution in [1.82, 2.24) is 15.1 Å². The van der Waals surface area contributed by atoms with Gasteiger partial charge in [-0.1, -0.05) is 32.4 Å². The number of nitrogens with one attached hydrogen (secondary N) is 1. The quantitative estimate of drug-likeness (QED) is 0.860. The Kier molecular flexibility index (Phi) is 5.33. The first kappa shape index (κ1) is 16.2. The number of amides is 1. The van der Waals surface area contributed by atoms with Gasteiger partial charge in [0.05, 0.1) is 17.8 Å². The average molecular weight is 300 g/mol. The standard InChI is InChI=1S/C17H24N4O/c1-4-12(2)16(18)17(22)20-13(3)14-6-8-15(9-7-14)21-11-5-10-19-21/h5-13,16H,4,18H2,1-3H3,(H,20,22). The molecule has 5 nitrogen and oxygen atoms in total. The van der Waals surface area contributed by atoms with Gasteiger partial charge in [0.15, 0.2) is 0 Å². The fraction of sp³-hybridized carbons (Fsp3) is 0.412. The van der Waals surface area contributed by atoms with Gasteiger partial charge in [-0.15, -0.1) is 0 Å². The normalized spacial score (nSPS) is 15.1. The molecule has 0 aliphatic rings. The van der Waals surface area contributed by atoms with Crippen molar-refractivity contribution >= 4 is 5.91 Å². The molecule has 0 saturated heterocycles. The second kappa shape index (κ2) is 7.22. The van der Waals surface area contributed by atoms with E-state index in [1.165, 1.54) is 0 Å². The van der Waals surface area contributed by atoms with Crippen molar-refractivity contribution in [3.63, 3.8) is 0 Å². The van der Waals surface area contributed by atoms with E-state index in [0.29, 0.717) is 0 Å². The predicted molar refractivity (Wildman–Crippen MR) is 87.6 cm³/mol. The van der Waals surface area contributed by atoms with Gasteiger partial charge in [-0.25, -0.2) is 4.68 Å². The summed E-state index contributed by atoms with van der Waals surface area (Å²) in [6.45, 7) is 5.99. The topological polar surface area (TPSA) is 72.9 Å². The van der Waals surface area contributed by atoms with E-state index in [2.05, 4.69) is 10.4 Å². The molecule has 3 N–H and O–H groups in total. The van der Waals surface area contributed by atoms with Crippen molar-refractivity contribution in [2.45, 2.75) is 39.3 Å². The van der Waals surface area contributed by atoms with Crippen LogP contribution in [-0.4, -0.2) is 21.7 Å². The third kappa shape index (κ3) is 3.74. The van der Waals surface area contributed by atoms with E-state index < -0.39 is 6.04 Å². The molecule has 3 atom stereocenters. The fourth-order valence-corrected chi connectivity index (χ4v) is 2.24. The van der Waals surface area contributed by atoms with Crippen molar-refractivity contribution in [3.05, 3.63) is 48.3 Å². The van der Waals surface area contributed by atoms with Crippen LogP contribution in [0.25, 0.3) is 5.69 Å².